The molecule has 2 N–H and O–H groups in total. The van der Waals surface area contributed by atoms with E-state index in [0.29, 0.717) is 17.3 Å². The molecule has 0 aromatic heterocycles. The molecular formula is C11H17ClN2O2S. The van der Waals surface area contributed by atoms with E-state index in [2.05, 4.69) is 10.0 Å². The zero-order valence-corrected chi connectivity index (χ0v) is 11.7. The first-order valence-corrected chi connectivity index (χ1v) is 7.21. The van der Waals surface area contributed by atoms with E-state index in [4.69, 9.17) is 11.6 Å². The summed E-state index contributed by atoms with van der Waals surface area (Å²) in [5, 5.41) is 2.72. The van der Waals surface area contributed by atoms with Crippen LogP contribution in [0.5, 0.6) is 0 Å². The topological polar surface area (TPSA) is 58.2 Å². The van der Waals surface area contributed by atoms with Gasteiger partial charge in [-0.3, -0.25) is 4.72 Å². The summed E-state index contributed by atoms with van der Waals surface area (Å²) >= 11 is 5.97. The fourth-order valence-corrected chi connectivity index (χ4v) is 2.76. The molecule has 1 atom stereocenters. The van der Waals surface area contributed by atoms with Crippen LogP contribution >= 0.6 is 11.6 Å². The Kier molecular flexibility index (Phi) is 4.80. The number of nitrogens with one attached hydrogen (secondary N) is 2. The van der Waals surface area contributed by atoms with E-state index in [9.17, 15) is 8.42 Å². The summed E-state index contributed by atoms with van der Waals surface area (Å²) in [4.78, 5) is 0. The van der Waals surface area contributed by atoms with Gasteiger partial charge in [0.2, 0.25) is 10.0 Å². The number of hydrogen-bond donors (Lipinski definition) is 2. The van der Waals surface area contributed by atoms with Crippen LogP contribution < -0.4 is 10.0 Å². The maximum atomic E-state index is 11.9. The molecule has 0 spiro atoms. The number of benzene rings is 1. The molecule has 0 heterocycles. The number of anilines is 1. The van der Waals surface area contributed by atoms with Crippen LogP contribution in [-0.2, 0) is 10.0 Å². The van der Waals surface area contributed by atoms with Crippen molar-refractivity contribution in [3.8, 4) is 0 Å². The van der Waals surface area contributed by atoms with Gasteiger partial charge in [-0.2, -0.15) is 0 Å². The van der Waals surface area contributed by atoms with Crippen molar-refractivity contribution in [2.24, 2.45) is 0 Å². The summed E-state index contributed by atoms with van der Waals surface area (Å²) in [6.45, 7) is 3.92. The Morgan fingerprint density at radius 3 is 2.59 bits per heavy atom. The van der Waals surface area contributed by atoms with Gasteiger partial charge in [-0.05, 0) is 38.6 Å². The number of sulfonamides is 1. The summed E-state index contributed by atoms with van der Waals surface area (Å²) < 4.78 is 26.3. The molecule has 0 amide bonds. The Morgan fingerprint density at radius 2 is 2.06 bits per heavy atom. The van der Waals surface area contributed by atoms with Crippen molar-refractivity contribution in [1.29, 1.82) is 0 Å². The summed E-state index contributed by atoms with van der Waals surface area (Å²) in [5.74, 6) is 0. The van der Waals surface area contributed by atoms with Crippen LogP contribution in [0.15, 0.2) is 18.2 Å². The average Bonchev–Trinajstić information content (AvgIpc) is 2.22. The van der Waals surface area contributed by atoms with Crippen LogP contribution in [0.25, 0.3) is 0 Å². The first-order chi connectivity index (χ1) is 7.86. The maximum absolute atomic E-state index is 11.9. The lowest BCUT2D eigenvalue weighted by atomic mass is 10.2. The summed E-state index contributed by atoms with van der Waals surface area (Å²) in [6, 6.07) is 5.20. The second-order valence-corrected chi connectivity index (χ2v) is 6.50. The number of aryl methyl sites for hydroxylation is 1. The van der Waals surface area contributed by atoms with Gasteiger partial charge in [0.1, 0.15) is 0 Å². The molecule has 1 aromatic rings. The van der Waals surface area contributed by atoms with Crippen LogP contribution in [0.2, 0.25) is 5.02 Å². The molecule has 1 rings (SSSR count). The molecule has 0 fully saturated rings. The standard InChI is InChI=1S/C11H17ClN2O2S/c1-8-4-5-11(10(12)6-8)14-17(15,16)9(2)7-13-3/h4-6,9,13-14H,7H2,1-3H3. The molecule has 17 heavy (non-hydrogen) atoms. The van der Waals surface area contributed by atoms with Gasteiger partial charge in [-0.15, -0.1) is 0 Å². The van der Waals surface area contributed by atoms with Crippen LogP contribution in [0.4, 0.5) is 5.69 Å². The second-order valence-electron chi connectivity index (χ2n) is 4.00. The third kappa shape index (κ3) is 3.87. The molecule has 6 heteroatoms. The third-order valence-corrected chi connectivity index (χ3v) is 4.44. The lowest BCUT2D eigenvalue weighted by Gasteiger charge is -2.15. The number of hydrogen-bond acceptors (Lipinski definition) is 3. The zero-order valence-electron chi connectivity index (χ0n) is 10.1. The van der Waals surface area contributed by atoms with Gasteiger partial charge in [0, 0.05) is 6.54 Å². The van der Waals surface area contributed by atoms with Crippen LogP contribution in [-0.4, -0.2) is 27.3 Å². The molecule has 4 nitrogen and oxygen atoms in total. The second kappa shape index (κ2) is 5.71. The fourth-order valence-electron chi connectivity index (χ4n) is 1.35. The van der Waals surface area contributed by atoms with E-state index in [1.54, 1.807) is 26.1 Å². The van der Waals surface area contributed by atoms with Crippen molar-refractivity contribution in [3.63, 3.8) is 0 Å². The van der Waals surface area contributed by atoms with Gasteiger partial charge < -0.3 is 5.32 Å². The maximum Gasteiger partial charge on any atom is 0.236 e. The predicted molar refractivity (Wildman–Crippen MR) is 72.1 cm³/mol. The van der Waals surface area contributed by atoms with Crippen molar-refractivity contribution in [2.75, 3.05) is 18.3 Å². The molecule has 0 aliphatic rings. The van der Waals surface area contributed by atoms with Gasteiger partial charge in [0.15, 0.2) is 0 Å². The van der Waals surface area contributed by atoms with E-state index in [0.717, 1.165) is 5.56 Å². The largest absolute Gasteiger partial charge is 0.318 e. The Morgan fingerprint density at radius 1 is 1.41 bits per heavy atom. The fraction of sp³-hybridized carbons (Fsp3) is 0.455. The predicted octanol–water partition coefficient (Wildman–Crippen LogP) is 2.00. The lowest BCUT2D eigenvalue weighted by Crippen LogP contribution is -2.33. The highest BCUT2D eigenvalue weighted by Gasteiger charge is 2.20. The van der Waals surface area contributed by atoms with E-state index in [1.807, 2.05) is 13.0 Å². The number of halogens is 1. The van der Waals surface area contributed by atoms with E-state index in [-0.39, 0.29) is 0 Å². The minimum Gasteiger partial charge on any atom is -0.318 e. The molecule has 0 saturated heterocycles. The van der Waals surface area contributed by atoms with Gasteiger partial charge >= 0.3 is 0 Å². The minimum atomic E-state index is -3.41. The average molecular weight is 277 g/mol. The molecule has 0 bridgehead atoms. The molecule has 1 aromatic carbocycles. The van der Waals surface area contributed by atoms with Crippen molar-refractivity contribution in [2.45, 2.75) is 19.1 Å². The normalized spacial score (nSPS) is 13.4. The smallest absolute Gasteiger partial charge is 0.236 e. The first-order valence-electron chi connectivity index (χ1n) is 5.29. The van der Waals surface area contributed by atoms with E-state index in [1.165, 1.54) is 0 Å². The zero-order chi connectivity index (χ0) is 13.1. The van der Waals surface area contributed by atoms with Crippen molar-refractivity contribution in [3.05, 3.63) is 28.8 Å². The van der Waals surface area contributed by atoms with Gasteiger partial charge in [-0.25, -0.2) is 8.42 Å². The van der Waals surface area contributed by atoms with Gasteiger partial charge in [0.05, 0.1) is 16.0 Å². The summed E-state index contributed by atoms with van der Waals surface area (Å²) in [7, 11) is -1.69. The lowest BCUT2D eigenvalue weighted by molar-refractivity contribution is 0.584. The number of rotatable bonds is 5. The monoisotopic (exact) mass is 276 g/mol. The molecule has 1 unspecified atom stereocenters. The van der Waals surface area contributed by atoms with E-state index < -0.39 is 15.3 Å². The quantitative estimate of drug-likeness (QED) is 0.865. The SMILES string of the molecule is CNCC(C)S(=O)(=O)Nc1ccc(C)cc1Cl. The van der Waals surface area contributed by atoms with Crippen LogP contribution in [0, 0.1) is 6.92 Å². The highest BCUT2D eigenvalue weighted by molar-refractivity contribution is 7.93. The van der Waals surface area contributed by atoms with Crippen LogP contribution in [0.1, 0.15) is 12.5 Å². The van der Waals surface area contributed by atoms with E-state index >= 15 is 0 Å². The Balaban J connectivity index is 2.90. The summed E-state index contributed by atoms with van der Waals surface area (Å²) in [5.41, 5.74) is 1.40. The molecule has 0 radical (unpaired) electrons. The Hall–Kier alpha value is -0.780. The van der Waals surface area contributed by atoms with Crippen LogP contribution in [0.3, 0.4) is 0 Å². The first kappa shape index (κ1) is 14.3. The minimum absolute atomic E-state index is 0.388. The van der Waals surface area contributed by atoms with Crippen molar-refractivity contribution >= 4 is 27.3 Å². The molecule has 0 aliphatic carbocycles. The molecule has 96 valence electrons. The highest BCUT2D eigenvalue weighted by Crippen LogP contribution is 2.24. The molecule has 0 aliphatic heterocycles. The Labute approximate surface area is 107 Å². The summed E-state index contributed by atoms with van der Waals surface area (Å²) in [6.07, 6.45) is 0. The molecular weight excluding hydrogens is 260 g/mol. The van der Waals surface area contributed by atoms with Crippen molar-refractivity contribution in [1.82, 2.24) is 5.32 Å². The molecule has 0 saturated carbocycles. The van der Waals surface area contributed by atoms with Gasteiger partial charge in [0.25, 0.3) is 0 Å². The third-order valence-electron chi connectivity index (χ3n) is 2.40. The van der Waals surface area contributed by atoms with Gasteiger partial charge in [-0.1, -0.05) is 17.7 Å². The highest BCUT2D eigenvalue weighted by atomic mass is 35.5. The Bertz CT molecular complexity index is 488. The van der Waals surface area contributed by atoms with Crippen molar-refractivity contribution < 1.29 is 8.42 Å².